The fourth-order valence-electron chi connectivity index (χ4n) is 3.51. The average molecular weight is 458 g/mol. The van der Waals surface area contributed by atoms with Crippen LogP contribution in [0.1, 0.15) is 11.1 Å². The zero-order valence-corrected chi connectivity index (χ0v) is 18.5. The fourth-order valence-corrected chi connectivity index (χ4v) is 3.51. The van der Waals surface area contributed by atoms with E-state index >= 15 is 0 Å². The van der Waals surface area contributed by atoms with Crippen molar-refractivity contribution in [1.29, 1.82) is 0 Å². The highest BCUT2D eigenvalue weighted by atomic mass is 16.4. The molecule has 34 heavy (non-hydrogen) atoms. The number of fused-ring (bicyclic) bond motifs is 1. The van der Waals surface area contributed by atoms with Crippen LogP contribution in [0.25, 0.3) is 17.2 Å². The number of nitrogens with one attached hydrogen (secondary N) is 1. The molecule has 10 nitrogen and oxygen atoms in total. The predicted molar refractivity (Wildman–Crippen MR) is 130 cm³/mol. The normalized spacial score (nSPS) is 11.9. The lowest BCUT2D eigenvalue weighted by atomic mass is 10.1. The van der Waals surface area contributed by atoms with E-state index in [4.69, 9.17) is 0 Å². The number of allylic oxidation sites excluding steroid dienone is 1. The molecule has 0 saturated heterocycles. The summed E-state index contributed by atoms with van der Waals surface area (Å²) < 4.78 is 3.82. The summed E-state index contributed by atoms with van der Waals surface area (Å²) in [6.07, 6.45) is 3.73. The number of carboxylic acid groups (broad SMARTS) is 1. The Morgan fingerprint density at radius 3 is 2.32 bits per heavy atom. The summed E-state index contributed by atoms with van der Waals surface area (Å²) in [6.45, 7) is 0.227. The predicted octanol–water partition coefficient (Wildman–Crippen LogP) is 2.05. The highest BCUT2D eigenvalue weighted by molar-refractivity contribution is 6.42. The van der Waals surface area contributed by atoms with Crippen molar-refractivity contribution in [3.63, 3.8) is 0 Å². The number of anilines is 1. The molecule has 10 heteroatoms. The summed E-state index contributed by atoms with van der Waals surface area (Å²) in [5.74, 6) is -1.10. The molecule has 0 aliphatic heterocycles. The molecule has 2 aromatic carbocycles. The second-order valence-corrected chi connectivity index (χ2v) is 7.48. The fraction of sp³-hybridized carbons (Fsp3) is 0.125. The lowest BCUT2D eigenvalue weighted by Gasteiger charge is -2.07. The molecule has 0 aliphatic carbocycles. The molecule has 2 N–H and O–H groups in total. The van der Waals surface area contributed by atoms with E-state index in [0.717, 1.165) is 10.1 Å². The van der Waals surface area contributed by atoms with Gasteiger partial charge in [-0.3, -0.25) is 18.5 Å². The Hall–Kier alpha value is -4.73. The number of aliphatic carboxylic acids is 1. The average Bonchev–Trinajstić information content (AvgIpc) is 3.21. The number of aryl methyl sites for hydroxylation is 1. The number of nitrogens with zero attached hydrogens (tertiary/aromatic N) is 5. The number of hydrazone groups is 1. The number of aromatic nitrogens is 4. The van der Waals surface area contributed by atoms with Crippen molar-refractivity contribution in [3.8, 4) is 0 Å². The van der Waals surface area contributed by atoms with Gasteiger partial charge in [-0.15, -0.1) is 0 Å². The Labute approximate surface area is 193 Å². The first-order valence-electron chi connectivity index (χ1n) is 10.4. The monoisotopic (exact) mass is 458 g/mol. The Bertz CT molecular complexity index is 1530. The summed E-state index contributed by atoms with van der Waals surface area (Å²) in [5, 5.41) is 13.7. The minimum atomic E-state index is -1.23. The summed E-state index contributed by atoms with van der Waals surface area (Å²) in [5.41, 5.74) is 3.15. The van der Waals surface area contributed by atoms with Gasteiger partial charge in [0.25, 0.3) is 5.56 Å². The summed E-state index contributed by atoms with van der Waals surface area (Å²) >= 11 is 0. The van der Waals surface area contributed by atoms with Crippen LogP contribution in [0.5, 0.6) is 0 Å². The summed E-state index contributed by atoms with van der Waals surface area (Å²) in [7, 11) is 2.91. The minimum absolute atomic E-state index is 0.126. The lowest BCUT2D eigenvalue weighted by molar-refractivity contribution is -0.129. The van der Waals surface area contributed by atoms with Crippen molar-refractivity contribution in [1.82, 2.24) is 18.7 Å². The van der Waals surface area contributed by atoms with Gasteiger partial charge in [0.1, 0.15) is 0 Å². The number of benzene rings is 2. The molecular formula is C24H22N6O4. The lowest BCUT2D eigenvalue weighted by Crippen LogP contribution is -2.37. The molecule has 0 unspecified atom stereocenters. The number of hydrogen-bond donors (Lipinski definition) is 2. The standard InChI is InChI=1S/C24H22N6O4/c1-28-20-19(21(31)29(2)24(28)34)30(15-9-12-16-10-5-3-6-11-16)23(25-20)27-26-18(22(32)33)17-13-7-4-8-14-17/h3-14H,15H2,1-2H3,(H,25,27)(H,32,33). The van der Waals surface area contributed by atoms with E-state index in [9.17, 15) is 19.5 Å². The molecule has 172 valence electrons. The topological polar surface area (TPSA) is 124 Å². The summed E-state index contributed by atoms with van der Waals surface area (Å²) in [6, 6.07) is 18.0. The maximum absolute atomic E-state index is 12.9. The van der Waals surface area contributed by atoms with Gasteiger partial charge in [-0.2, -0.15) is 10.1 Å². The molecular weight excluding hydrogens is 436 g/mol. The van der Waals surface area contributed by atoms with E-state index in [1.54, 1.807) is 34.9 Å². The first-order chi connectivity index (χ1) is 16.4. The van der Waals surface area contributed by atoms with Crippen LogP contribution in [0.15, 0.2) is 81.4 Å². The van der Waals surface area contributed by atoms with Crippen LogP contribution in [0.2, 0.25) is 0 Å². The van der Waals surface area contributed by atoms with Gasteiger partial charge < -0.3 is 5.11 Å². The molecule has 0 radical (unpaired) electrons. The zero-order chi connectivity index (χ0) is 24.2. The van der Waals surface area contributed by atoms with E-state index in [-0.39, 0.29) is 29.4 Å². The molecule has 2 heterocycles. The molecule has 0 saturated carbocycles. The van der Waals surface area contributed by atoms with Crippen molar-refractivity contribution in [2.45, 2.75) is 6.54 Å². The van der Waals surface area contributed by atoms with Gasteiger partial charge in [0.05, 0.1) is 0 Å². The van der Waals surface area contributed by atoms with Crippen LogP contribution in [0, 0.1) is 0 Å². The van der Waals surface area contributed by atoms with Gasteiger partial charge in [0.15, 0.2) is 16.9 Å². The zero-order valence-electron chi connectivity index (χ0n) is 18.5. The number of carbonyl (C=O) groups is 1. The first-order valence-corrected chi connectivity index (χ1v) is 10.4. The highest BCUT2D eigenvalue weighted by Gasteiger charge is 2.19. The first kappa shape index (κ1) is 22.5. The number of hydrogen-bond acceptors (Lipinski definition) is 6. The van der Waals surface area contributed by atoms with Gasteiger partial charge in [-0.1, -0.05) is 72.8 Å². The van der Waals surface area contributed by atoms with Crippen molar-refractivity contribution in [2.75, 3.05) is 5.43 Å². The molecule has 2 aromatic heterocycles. The largest absolute Gasteiger partial charge is 0.476 e. The van der Waals surface area contributed by atoms with Crippen LogP contribution in [-0.4, -0.2) is 35.5 Å². The second-order valence-electron chi connectivity index (χ2n) is 7.48. The van der Waals surface area contributed by atoms with Crippen molar-refractivity contribution >= 4 is 34.9 Å². The van der Waals surface area contributed by atoms with E-state index in [1.165, 1.54) is 18.7 Å². The molecule has 0 fully saturated rings. The highest BCUT2D eigenvalue weighted by Crippen LogP contribution is 2.17. The molecule has 0 aliphatic rings. The number of carboxylic acids is 1. The van der Waals surface area contributed by atoms with Gasteiger partial charge in [0, 0.05) is 26.2 Å². The third kappa shape index (κ3) is 4.29. The Kier molecular flexibility index (Phi) is 6.22. The number of rotatable bonds is 7. The van der Waals surface area contributed by atoms with Crippen LogP contribution in [0.3, 0.4) is 0 Å². The van der Waals surface area contributed by atoms with E-state index in [2.05, 4.69) is 15.5 Å². The third-order valence-electron chi connectivity index (χ3n) is 5.26. The third-order valence-corrected chi connectivity index (χ3v) is 5.26. The Morgan fingerprint density at radius 2 is 1.68 bits per heavy atom. The van der Waals surface area contributed by atoms with Crippen molar-refractivity contribution in [3.05, 3.63) is 98.7 Å². The van der Waals surface area contributed by atoms with Crippen LogP contribution >= 0.6 is 0 Å². The van der Waals surface area contributed by atoms with E-state index in [0.29, 0.717) is 5.56 Å². The Balaban J connectivity index is 1.82. The molecule has 0 bridgehead atoms. The SMILES string of the molecule is Cn1c(=O)c2c(nc(NN=C(C(=O)O)c3ccccc3)n2CC=Cc2ccccc2)n(C)c1=O. The second kappa shape index (κ2) is 9.41. The van der Waals surface area contributed by atoms with Crippen molar-refractivity contribution in [2.24, 2.45) is 19.2 Å². The summed E-state index contributed by atoms with van der Waals surface area (Å²) in [4.78, 5) is 41.5. The van der Waals surface area contributed by atoms with E-state index < -0.39 is 17.2 Å². The smallest absolute Gasteiger partial charge is 0.356 e. The number of imidazole rings is 1. The van der Waals surface area contributed by atoms with Gasteiger partial charge in [0.2, 0.25) is 5.95 Å². The molecule has 0 amide bonds. The van der Waals surface area contributed by atoms with Gasteiger partial charge in [-0.25, -0.2) is 15.0 Å². The van der Waals surface area contributed by atoms with Crippen LogP contribution in [-0.2, 0) is 25.4 Å². The maximum atomic E-state index is 12.9. The van der Waals surface area contributed by atoms with Gasteiger partial charge in [-0.05, 0) is 5.56 Å². The van der Waals surface area contributed by atoms with Crippen LogP contribution < -0.4 is 16.7 Å². The van der Waals surface area contributed by atoms with E-state index in [1.807, 2.05) is 42.5 Å². The Morgan fingerprint density at radius 1 is 1.03 bits per heavy atom. The van der Waals surface area contributed by atoms with Gasteiger partial charge >= 0.3 is 11.7 Å². The molecule has 4 rings (SSSR count). The minimum Gasteiger partial charge on any atom is -0.476 e. The molecule has 0 atom stereocenters. The molecule has 4 aromatic rings. The maximum Gasteiger partial charge on any atom is 0.356 e. The van der Waals surface area contributed by atoms with Crippen molar-refractivity contribution < 1.29 is 9.90 Å². The van der Waals surface area contributed by atoms with Crippen LogP contribution in [0.4, 0.5) is 5.95 Å². The quantitative estimate of drug-likeness (QED) is 0.323. The molecule has 0 spiro atoms.